The van der Waals surface area contributed by atoms with Crippen molar-refractivity contribution in [2.75, 3.05) is 24.6 Å². The highest BCUT2D eigenvalue weighted by atomic mass is 19.1. The van der Waals surface area contributed by atoms with E-state index < -0.39 is 17.0 Å². The maximum atomic E-state index is 14.2. The molecule has 0 aliphatic carbocycles. The summed E-state index contributed by atoms with van der Waals surface area (Å²) in [5.74, 6) is -1.13. The molecule has 0 amide bonds. The number of pyridine rings is 1. The van der Waals surface area contributed by atoms with Crippen LogP contribution >= 0.6 is 0 Å². The van der Waals surface area contributed by atoms with Crippen molar-refractivity contribution < 1.29 is 13.9 Å². The monoisotopic (exact) mass is 368 g/mol. The zero-order valence-corrected chi connectivity index (χ0v) is 15.0. The van der Waals surface area contributed by atoms with Crippen LogP contribution in [-0.2, 0) is 6.42 Å². The van der Waals surface area contributed by atoms with E-state index in [-0.39, 0.29) is 6.61 Å². The van der Waals surface area contributed by atoms with E-state index in [1.807, 2.05) is 30.3 Å². The molecule has 1 aromatic heterocycles. The zero-order valence-electron chi connectivity index (χ0n) is 15.0. The molecule has 1 aliphatic rings. The van der Waals surface area contributed by atoms with E-state index in [4.69, 9.17) is 0 Å². The topological polar surface area (TPSA) is 36.4 Å². The van der Waals surface area contributed by atoms with Crippen LogP contribution in [0.5, 0.6) is 0 Å². The molecule has 1 atom stereocenters. The van der Waals surface area contributed by atoms with Crippen LogP contribution in [0.25, 0.3) is 10.9 Å². The van der Waals surface area contributed by atoms with Crippen LogP contribution in [0.4, 0.5) is 14.5 Å². The summed E-state index contributed by atoms with van der Waals surface area (Å²) in [5.41, 5.74) is 2.01. The lowest BCUT2D eigenvalue weighted by molar-refractivity contribution is 0.104. The number of fused-ring (bicyclic) bond motifs is 1. The van der Waals surface area contributed by atoms with E-state index in [2.05, 4.69) is 9.88 Å². The second kappa shape index (κ2) is 7.24. The van der Waals surface area contributed by atoms with Gasteiger partial charge >= 0.3 is 0 Å². The predicted octanol–water partition coefficient (Wildman–Crippen LogP) is 4.33. The Kier molecular flexibility index (Phi) is 4.79. The van der Waals surface area contributed by atoms with Gasteiger partial charge < -0.3 is 10.0 Å². The minimum Gasteiger partial charge on any atom is -0.396 e. The van der Waals surface area contributed by atoms with E-state index in [0.29, 0.717) is 18.5 Å². The number of halogens is 2. The zero-order chi connectivity index (χ0) is 18.9. The SMILES string of the molecule is OC[C@]1(Cc2ccc(F)cc2F)CCCN(c2ccnc3ccccc23)C1. The Labute approximate surface area is 157 Å². The molecule has 0 radical (unpaired) electrons. The number of benzene rings is 2. The molecule has 2 heterocycles. The van der Waals surface area contributed by atoms with Crippen molar-refractivity contribution in [3.8, 4) is 0 Å². The summed E-state index contributed by atoms with van der Waals surface area (Å²) in [6.07, 6.45) is 3.89. The lowest BCUT2D eigenvalue weighted by atomic mass is 9.75. The maximum Gasteiger partial charge on any atom is 0.129 e. The summed E-state index contributed by atoms with van der Waals surface area (Å²) in [6, 6.07) is 13.7. The van der Waals surface area contributed by atoms with Crippen molar-refractivity contribution >= 4 is 16.6 Å². The molecule has 1 saturated heterocycles. The van der Waals surface area contributed by atoms with Crippen LogP contribution < -0.4 is 4.90 Å². The normalized spacial score (nSPS) is 20.2. The fraction of sp³-hybridized carbons (Fsp3) is 0.318. The van der Waals surface area contributed by atoms with Gasteiger partial charge in [-0.1, -0.05) is 24.3 Å². The molecule has 27 heavy (non-hydrogen) atoms. The minimum atomic E-state index is -0.581. The Balaban J connectivity index is 1.65. The van der Waals surface area contributed by atoms with Crippen LogP contribution in [0.15, 0.2) is 54.7 Å². The minimum absolute atomic E-state index is 0.0384. The third-order valence-corrected chi connectivity index (χ3v) is 5.54. The summed E-state index contributed by atoms with van der Waals surface area (Å²) in [7, 11) is 0. The van der Waals surface area contributed by atoms with Crippen molar-refractivity contribution in [2.24, 2.45) is 5.41 Å². The van der Waals surface area contributed by atoms with Gasteiger partial charge in [-0.05, 0) is 43.0 Å². The van der Waals surface area contributed by atoms with Gasteiger partial charge in [0.15, 0.2) is 0 Å². The molecule has 4 rings (SSSR count). The number of nitrogens with zero attached hydrogens (tertiary/aromatic N) is 2. The smallest absolute Gasteiger partial charge is 0.129 e. The number of rotatable bonds is 4. The Morgan fingerprint density at radius 1 is 1.11 bits per heavy atom. The molecule has 3 nitrogen and oxygen atoms in total. The molecule has 0 saturated carbocycles. The van der Waals surface area contributed by atoms with Crippen LogP contribution in [0.2, 0.25) is 0 Å². The second-order valence-corrected chi connectivity index (χ2v) is 7.44. The first-order valence-electron chi connectivity index (χ1n) is 9.24. The molecule has 1 fully saturated rings. The van der Waals surface area contributed by atoms with E-state index in [1.54, 1.807) is 6.20 Å². The molecule has 0 unspecified atom stereocenters. The van der Waals surface area contributed by atoms with Crippen LogP contribution in [0.3, 0.4) is 0 Å². The van der Waals surface area contributed by atoms with Crippen molar-refractivity contribution in [3.63, 3.8) is 0 Å². The van der Waals surface area contributed by atoms with Crippen LogP contribution in [0.1, 0.15) is 18.4 Å². The van der Waals surface area contributed by atoms with Gasteiger partial charge in [0, 0.05) is 41.8 Å². The average Bonchev–Trinajstić information content (AvgIpc) is 2.70. The number of aliphatic hydroxyl groups is 1. The first kappa shape index (κ1) is 17.9. The highest BCUT2D eigenvalue weighted by Gasteiger charge is 2.36. The van der Waals surface area contributed by atoms with Gasteiger partial charge in [-0.3, -0.25) is 4.98 Å². The van der Waals surface area contributed by atoms with E-state index in [0.717, 1.165) is 42.0 Å². The van der Waals surface area contributed by atoms with Gasteiger partial charge in [0.1, 0.15) is 11.6 Å². The summed E-state index contributed by atoms with van der Waals surface area (Å²) < 4.78 is 27.4. The fourth-order valence-electron chi connectivity index (χ4n) is 4.17. The molecular formula is C22H22F2N2O. The summed E-state index contributed by atoms with van der Waals surface area (Å²) in [4.78, 5) is 6.67. The first-order valence-corrected chi connectivity index (χ1v) is 9.24. The highest BCUT2D eigenvalue weighted by Crippen LogP contribution is 2.37. The van der Waals surface area contributed by atoms with Crippen molar-refractivity contribution in [3.05, 3.63) is 71.9 Å². The van der Waals surface area contributed by atoms with Gasteiger partial charge in [0.2, 0.25) is 0 Å². The van der Waals surface area contributed by atoms with Gasteiger partial charge in [-0.15, -0.1) is 0 Å². The number of hydrogen-bond donors (Lipinski definition) is 1. The third kappa shape index (κ3) is 3.52. The van der Waals surface area contributed by atoms with Gasteiger partial charge in [0.05, 0.1) is 12.1 Å². The molecule has 2 aromatic carbocycles. The fourth-order valence-corrected chi connectivity index (χ4v) is 4.17. The molecule has 5 heteroatoms. The van der Waals surface area contributed by atoms with Gasteiger partial charge in [-0.2, -0.15) is 0 Å². The Hall–Kier alpha value is -2.53. The van der Waals surface area contributed by atoms with E-state index in [9.17, 15) is 13.9 Å². The van der Waals surface area contributed by atoms with Crippen molar-refractivity contribution in [2.45, 2.75) is 19.3 Å². The maximum absolute atomic E-state index is 14.2. The molecule has 0 spiro atoms. The standard InChI is InChI=1S/C22H22F2N2O/c23-17-7-6-16(19(24)12-17)13-22(15-27)9-3-11-26(14-22)21-8-10-25-20-5-2-1-4-18(20)21/h1-2,4-8,10,12,27H,3,9,11,13-15H2/t22-/m0/s1. The number of piperidine rings is 1. The summed E-state index contributed by atoms with van der Waals surface area (Å²) >= 11 is 0. The number of aromatic nitrogens is 1. The third-order valence-electron chi connectivity index (χ3n) is 5.54. The molecule has 0 bridgehead atoms. The Bertz CT molecular complexity index is 957. The van der Waals surface area contributed by atoms with Crippen LogP contribution in [0, 0.1) is 17.0 Å². The molecule has 1 aliphatic heterocycles. The lowest BCUT2D eigenvalue weighted by Gasteiger charge is -2.43. The van der Waals surface area contributed by atoms with Gasteiger partial charge in [0.25, 0.3) is 0 Å². The largest absolute Gasteiger partial charge is 0.396 e. The number of aliphatic hydroxyl groups excluding tert-OH is 1. The number of anilines is 1. The molecule has 140 valence electrons. The summed E-state index contributed by atoms with van der Waals surface area (Å²) in [6.45, 7) is 1.46. The number of para-hydroxylation sites is 1. The quantitative estimate of drug-likeness (QED) is 0.744. The van der Waals surface area contributed by atoms with Crippen LogP contribution in [-0.4, -0.2) is 29.8 Å². The second-order valence-electron chi connectivity index (χ2n) is 7.44. The Morgan fingerprint density at radius 2 is 1.96 bits per heavy atom. The molecular weight excluding hydrogens is 346 g/mol. The lowest BCUT2D eigenvalue weighted by Crippen LogP contribution is -2.47. The molecule has 3 aromatic rings. The molecule has 1 N–H and O–H groups in total. The van der Waals surface area contributed by atoms with Crippen molar-refractivity contribution in [1.82, 2.24) is 4.98 Å². The van der Waals surface area contributed by atoms with E-state index >= 15 is 0 Å². The first-order chi connectivity index (χ1) is 13.1. The van der Waals surface area contributed by atoms with Crippen molar-refractivity contribution in [1.29, 1.82) is 0 Å². The van der Waals surface area contributed by atoms with Gasteiger partial charge in [-0.25, -0.2) is 8.78 Å². The summed E-state index contributed by atoms with van der Waals surface area (Å²) in [5, 5.41) is 11.3. The van der Waals surface area contributed by atoms with E-state index in [1.165, 1.54) is 12.1 Å². The predicted molar refractivity (Wildman–Crippen MR) is 103 cm³/mol. The Morgan fingerprint density at radius 3 is 2.78 bits per heavy atom. The average molecular weight is 368 g/mol. The highest BCUT2D eigenvalue weighted by molar-refractivity contribution is 5.91. The number of hydrogen-bond acceptors (Lipinski definition) is 3.